The quantitative estimate of drug-likeness (QED) is 0.807. The Hall–Kier alpha value is -2.82. The minimum absolute atomic E-state index is 0.160. The van der Waals surface area contributed by atoms with Crippen molar-refractivity contribution in [2.24, 2.45) is 7.05 Å². The molecule has 0 aliphatic heterocycles. The molecule has 5 heteroatoms. The van der Waals surface area contributed by atoms with E-state index in [1.165, 1.54) is 0 Å². The molecule has 0 fully saturated rings. The van der Waals surface area contributed by atoms with E-state index in [0.717, 1.165) is 22.3 Å². The van der Waals surface area contributed by atoms with Gasteiger partial charge >= 0.3 is 0 Å². The Labute approximate surface area is 128 Å². The summed E-state index contributed by atoms with van der Waals surface area (Å²) in [5.74, 6) is 1.15. The Kier molecular flexibility index (Phi) is 3.55. The minimum Gasteiger partial charge on any atom is -0.497 e. The van der Waals surface area contributed by atoms with Gasteiger partial charge in [0.1, 0.15) is 11.6 Å². The summed E-state index contributed by atoms with van der Waals surface area (Å²) < 4.78 is 7.25. The van der Waals surface area contributed by atoms with Crippen molar-refractivity contribution in [2.45, 2.75) is 6.92 Å². The molecule has 2 aromatic heterocycles. The van der Waals surface area contributed by atoms with Gasteiger partial charge in [0.2, 0.25) is 0 Å². The maximum absolute atomic E-state index is 12.6. The zero-order valence-corrected chi connectivity index (χ0v) is 12.8. The van der Waals surface area contributed by atoms with Gasteiger partial charge in [-0.25, -0.2) is 4.98 Å². The van der Waals surface area contributed by atoms with Crippen molar-refractivity contribution >= 4 is 22.6 Å². The highest BCUT2D eigenvalue weighted by molar-refractivity contribution is 6.14. The summed E-state index contributed by atoms with van der Waals surface area (Å²) in [5.41, 5.74) is 2.52. The number of anilines is 1. The third kappa shape index (κ3) is 2.30. The Morgan fingerprint density at radius 2 is 2.09 bits per heavy atom. The molecule has 3 rings (SSSR count). The van der Waals surface area contributed by atoms with Crippen LogP contribution in [0.4, 0.5) is 5.82 Å². The number of carbonyl (C=O) groups excluding carboxylic acids is 1. The fourth-order valence-corrected chi connectivity index (χ4v) is 2.57. The van der Waals surface area contributed by atoms with Crippen molar-refractivity contribution in [1.82, 2.24) is 9.55 Å². The topological polar surface area (TPSA) is 56.1 Å². The Morgan fingerprint density at radius 3 is 2.77 bits per heavy atom. The molecule has 1 aromatic carbocycles. The van der Waals surface area contributed by atoms with E-state index in [9.17, 15) is 4.79 Å². The van der Waals surface area contributed by atoms with Crippen LogP contribution in [-0.2, 0) is 7.05 Å². The number of amides is 1. The molecule has 112 valence electrons. The molecule has 0 saturated carbocycles. The van der Waals surface area contributed by atoms with Gasteiger partial charge in [0.15, 0.2) is 0 Å². The van der Waals surface area contributed by atoms with Gasteiger partial charge in [0.05, 0.1) is 18.2 Å². The fourth-order valence-electron chi connectivity index (χ4n) is 2.57. The number of benzene rings is 1. The largest absolute Gasteiger partial charge is 0.497 e. The van der Waals surface area contributed by atoms with E-state index in [1.54, 1.807) is 19.4 Å². The molecule has 0 unspecified atom stereocenters. The number of aromatic nitrogens is 2. The van der Waals surface area contributed by atoms with Crippen LogP contribution < -0.4 is 10.1 Å². The molecule has 0 atom stereocenters. The number of ether oxygens (including phenoxy) is 1. The number of rotatable bonds is 3. The monoisotopic (exact) mass is 295 g/mol. The van der Waals surface area contributed by atoms with E-state index in [4.69, 9.17) is 4.74 Å². The highest BCUT2D eigenvalue weighted by atomic mass is 16.5. The van der Waals surface area contributed by atoms with Crippen LogP contribution in [0, 0.1) is 6.92 Å². The van der Waals surface area contributed by atoms with Crippen molar-refractivity contribution in [3.63, 3.8) is 0 Å². The molecule has 1 amide bonds. The number of pyridine rings is 1. The van der Waals surface area contributed by atoms with Gasteiger partial charge in [-0.1, -0.05) is 6.07 Å². The van der Waals surface area contributed by atoms with Crippen molar-refractivity contribution in [1.29, 1.82) is 0 Å². The number of fused-ring (bicyclic) bond motifs is 1. The van der Waals surface area contributed by atoms with E-state index in [1.807, 2.05) is 48.9 Å². The van der Waals surface area contributed by atoms with Gasteiger partial charge < -0.3 is 14.6 Å². The maximum Gasteiger partial charge on any atom is 0.259 e. The second-order valence-electron chi connectivity index (χ2n) is 5.07. The Morgan fingerprint density at radius 1 is 1.27 bits per heavy atom. The normalized spacial score (nSPS) is 10.7. The van der Waals surface area contributed by atoms with Crippen LogP contribution in [0.5, 0.6) is 5.75 Å². The summed E-state index contributed by atoms with van der Waals surface area (Å²) in [6, 6.07) is 11.1. The summed E-state index contributed by atoms with van der Waals surface area (Å²) in [4.78, 5) is 16.8. The van der Waals surface area contributed by atoms with Crippen LogP contribution in [0.15, 0.2) is 42.6 Å². The zero-order chi connectivity index (χ0) is 15.7. The standard InChI is InChI=1S/C17H17N3O2/c1-11-16(17(21)19-15-6-4-5-9-18-15)13-8-7-12(22-3)10-14(13)20(11)2/h4-10H,1-3H3,(H,18,19,21). The summed E-state index contributed by atoms with van der Waals surface area (Å²) >= 11 is 0. The van der Waals surface area contributed by atoms with Crippen LogP contribution in [0.25, 0.3) is 10.9 Å². The lowest BCUT2D eigenvalue weighted by Gasteiger charge is -2.04. The summed E-state index contributed by atoms with van der Waals surface area (Å²) in [6.07, 6.45) is 1.65. The molecule has 22 heavy (non-hydrogen) atoms. The summed E-state index contributed by atoms with van der Waals surface area (Å²) in [6.45, 7) is 1.93. The van der Waals surface area contributed by atoms with Crippen LogP contribution in [-0.4, -0.2) is 22.6 Å². The van der Waals surface area contributed by atoms with Gasteiger partial charge in [-0.3, -0.25) is 4.79 Å². The SMILES string of the molecule is COc1ccc2c(C(=O)Nc3ccccn3)c(C)n(C)c2c1. The predicted octanol–water partition coefficient (Wildman–Crippen LogP) is 3.14. The lowest BCUT2D eigenvalue weighted by molar-refractivity contribution is 0.102. The van der Waals surface area contributed by atoms with Crippen molar-refractivity contribution in [3.05, 3.63) is 53.9 Å². The average Bonchev–Trinajstić information content (AvgIpc) is 2.79. The van der Waals surface area contributed by atoms with Crippen molar-refractivity contribution in [3.8, 4) is 5.75 Å². The first-order chi connectivity index (χ1) is 10.6. The van der Waals surface area contributed by atoms with Crippen molar-refractivity contribution < 1.29 is 9.53 Å². The molecule has 0 spiro atoms. The number of methoxy groups -OCH3 is 1. The Bertz CT molecular complexity index is 838. The van der Waals surface area contributed by atoms with Gasteiger partial charge in [0.25, 0.3) is 5.91 Å². The van der Waals surface area contributed by atoms with Gasteiger partial charge in [-0.05, 0) is 31.2 Å². The molecular weight excluding hydrogens is 278 g/mol. The molecule has 0 aliphatic carbocycles. The van der Waals surface area contributed by atoms with Gasteiger partial charge in [0, 0.05) is 30.4 Å². The third-order valence-corrected chi connectivity index (χ3v) is 3.83. The molecule has 0 saturated heterocycles. The highest BCUT2D eigenvalue weighted by Gasteiger charge is 2.19. The second-order valence-corrected chi connectivity index (χ2v) is 5.07. The fraction of sp³-hybridized carbons (Fsp3) is 0.176. The van der Waals surface area contributed by atoms with Gasteiger partial charge in [-0.2, -0.15) is 0 Å². The average molecular weight is 295 g/mol. The molecule has 0 bridgehead atoms. The molecule has 5 nitrogen and oxygen atoms in total. The number of nitrogens with zero attached hydrogens (tertiary/aromatic N) is 2. The highest BCUT2D eigenvalue weighted by Crippen LogP contribution is 2.28. The molecule has 3 aromatic rings. The third-order valence-electron chi connectivity index (χ3n) is 3.83. The van der Waals surface area contributed by atoms with Crippen LogP contribution in [0.3, 0.4) is 0 Å². The first-order valence-electron chi connectivity index (χ1n) is 6.97. The first-order valence-corrected chi connectivity index (χ1v) is 6.97. The molecule has 1 N–H and O–H groups in total. The first kappa shape index (κ1) is 14.1. The summed E-state index contributed by atoms with van der Waals surface area (Å²) in [5, 5.41) is 3.74. The van der Waals surface area contributed by atoms with Crippen LogP contribution >= 0.6 is 0 Å². The number of hydrogen-bond acceptors (Lipinski definition) is 3. The zero-order valence-electron chi connectivity index (χ0n) is 12.8. The lowest BCUT2D eigenvalue weighted by atomic mass is 10.1. The number of nitrogens with one attached hydrogen (secondary N) is 1. The Balaban J connectivity index is 2.07. The molecular formula is C17H17N3O2. The van der Waals surface area contributed by atoms with E-state index >= 15 is 0 Å². The molecule has 0 aliphatic rings. The van der Waals surface area contributed by atoms with E-state index in [2.05, 4.69) is 10.3 Å². The second kappa shape index (κ2) is 5.52. The van der Waals surface area contributed by atoms with E-state index in [0.29, 0.717) is 11.4 Å². The predicted molar refractivity (Wildman–Crippen MR) is 86.4 cm³/mol. The van der Waals surface area contributed by atoms with Crippen molar-refractivity contribution in [2.75, 3.05) is 12.4 Å². The minimum atomic E-state index is -0.160. The van der Waals surface area contributed by atoms with Gasteiger partial charge in [-0.15, -0.1) is 0 Å². The molecule has 0 radical (unpaired) electrons. The number of hydrogen-bond donors (Lipinski definition) is 1. The summed E-state index contributed by atoms with van der Waals surface area (Å²) in [7, 11) is 3.57. The number of carbonyl (C=O) groups is 1. The maximum atomic E-state index is 12.6. The number of aryl methyl sites for hydroxylation is 1. The van der Waals surface area contributed by atoms with E-state index < -0.39 is 0 Å². The molecule has 2 heterocycles. The van der Waals surface area contributed by atoms with Crippen LogP contribution in [0.1, 0.15) is 16.1 Å². The smallest absolute Gasteiger partial charge is 0.259 e. The van der Waals surface area contributed by atoms with Crippen LogP contribution in [0.2, 0.25) is 0 Å². The van der Waals surface area contributed by atoms with E-state index in [-0.39, 0.29) is 5.91 Å². The lowest BCUT2D eigenvalue weighted by Crippen LogP contribution is -2.14.